The number of aryl methyl sites for hydroxylation is 1. The normalized spacial score (nSPS) is 16.3. The van der Waals surface area contributed by atoms with Crippen molar-refractivity contribution in [3.8, 4) is 22.8 Å². The summed E-state index contributed by atoms with van der Waals surface area (Å²) >= 11 is 0. The summed E-state index contributed by atoms with van der Waals surface area (Å²) < 4.78 is 12.6. The topological polar surface area (TPSA) is 112 Å². The number of rotatable bonds is 4. The van der Waals surface area contributed by atoms with Crippen LogP contribution in [0.25, 0.3) is 22.8 Å². The van der Waals surface area contributed by atoms with Crippen molar-refractivity contribution in [1.29, 1.82) is 0 Å². The Morgan fingerprint density at radius 1 is 1.09 bits per heavy atom. The Labute approximate surface area is 183 Å². The lowest BCUT2D eigenvalue weighted by atomic mass is 10.1. The van der Waals surface area contributed by atoms with E-state index in [9.17, 15) is 4.79 Å². The van der Waals surface area contributed by atoms with Crippen LogP contribution in [0.2, 0.25) is 0 Å². The summed E-state index contributed by atoms with van der Waals surface area (Å²) in [6.07, 6.45) is 2.91. The molecule has 5 rings (SSSR count). The largest absolute Gasteiger partial charge is 0.370 e. The maximum atomic E-state index is 12.6. The van der Waals surface area contributed by atoms with Gasteiger partial charge in [-0.25, -0.2) is 15.0 Å². The third kappa shape index (κ3) is 3.87. The molecular formula is C22H21N7O3. The fraction of sp³-hybridized carbons (Fsp3) is 0.273. The molecule has 0 saturated carbocycles. The highest BCUT2D eigenvalue weighted by molar-refractivity contribution is 5.56. The first kappa shape index (κ1) is 20.0. The molecule has 0 spiro atoms. The number of aromatic nitrogens is 6. The number of morpholine rings is 1. The molecule has 0 N–H and O–H groups in total. The van der Waals surface area contributed by atoms with Gasteiger partial charge in [-0.2, -0.15) is 4.98 Å². The summed E-state index contributed by atoms with van der Waals surface area (Å²) in [6.45, 7) is 3.47. The van der Waals surface area contributed by atoms with Crippen LogP contribution >= 0.6 is 0 Å². The molecule has 3 aromatic heterocycles. The molecule has 0 bridgehead atoms. The molecule has 1 atom stereocenters. The molecule has 1 aromatic carbocycles. The average Bonchev–Trinajstić information content (AvgIpc) is 3.28. The minimum atomic E-state index is -0.163. The first-order chi connectivity index (χ1) is 15.6. The van der Waals surface area contributed by atoms with Crippen LogP contribution in [0.5, 0.6) is 0 Å². The van der Waals surface area contributed by atoms with Crippen LogP contribution in [0.4, 0.5) is 5.95 Å². The third-order valence-corrected chi connectivity index (χ3v) is 5.37. The quantitative estimate of drug-likeness (QED) is 0.480. The van der Waals surface area contributed by atoms with Crippen molar-refractivity contribution in [2.75, 3.05) is 24.6 Å². The Balaban J connectivity index is 1.40. The van der Waals surface area contributed by atoms with Crippen molar-refractivity contribution >= 4 is 5.95 Å². The molecule has 1 fully saturated rings. The van der Waals surface area contributed by atoms with Gasteiger partial charge in [-0.3, -0.25) is 9.36 Å². The maximum Gasteiger partial charge on any atom is 0.255 e. The minimum absolute atomic E-state index is 0.147. The SMILES string of the molecule is Cc1nc(-c2ccc(C3CN(c4nc(-c5ccncn5)cc(=O)n4C)CCO3)cc2)no1. The number of hydrogen-bond donors (Lipinski definition) is 0. The maximum absolute atomic E-state index is 12.6. The van der Waals surface area contributed by atoms with Gasteiger partial charge in [-0.1, -0.05) is 29.4 Å². The standard InChI is InChI=1S/C22H21N7O3/c1-14-25-21(27-32-14)16-5-3-15(4-6-16)19-12-29(9-10-31-19)22-26-18(11-20(30)28(22)2)17-7-8-23-13-24-17/h3-8,11,13,19H,9-10,12H2,1-2H3. The van der Waals surface area contributed by atoms with Gasteiger partial charge >= 0.3 is 0 Å². The van der Waals surface area contributed by atoms with Crippen molar-refractivity contribution in [2.24, 2.45) is 7.05 Å². The molecule has 32 heavy (non-hydrogen) atoms. The molecule has 162 valence electrons. The molecule has 0 radical (unpaired) electrons. The minimum Gasteiger partial charge on any atom is -0.370 e. The van der Waals surface area contributed by atoms with E-state index in [1.54, 1.807) is 30.8 Å². The van der Waals surface area contributed by atoms with Crippen molar-refractivity contribution in [2.45, 2.75) is 13.0 Å². The molecule has 0 amide bonds. The van der Waals surface area contributed by atoms with Crippen molar-refractivity contribution in [1.82, 2.24) is 29.7 Å². The molecule has 1 unspecified atom stereocenters. The van der Waals surface area contributed by atoms with Crippen molar-refractivity contribution < 1.29 is 9.26 Å². The van der Waals surface area contributed by atoms with Gasteiger partial charge in [0.25, 0.3) is 5.56 Å². The van der Waals surface area contributed by atoms with E-state index in [0.717, 1.165) is 11.1 Å². The molecule has 1 aliphatic rings. The Kier molecular flexibility index (Phi) is 5.20. The smallest absolute Gasteiger partial charge is 0.255 e. The van der Waals surface area contributed by atoms with Gasteiger partial charge in [-0.05, 0) is 11.6 Å². The first-order valence-electron chi connectivity index (χ1n) is 10.2. The van der Waals surface area contributed by atoms with Gasteiger partial charge in [0, 0.05) is 38.3 Å². The van der Waals surface area contributed by atoms with Gasteiger partial charge in [0.05, 0.1) is 24.5 Å². The van der Waals surface area contributed by atoms with Crippen LogP contribution < -0.4 is 10.5 Å². The van der Waals surface area contributed by atoms with Crippen molar-refractivity contribution in [3.05, 3.63) is 70.7 Å². The Hall–Kier alpha value is -3.92. The van der Waals surface area contributed by atoms with Crippen LogP contribution in [0, 0.1) is 6.92 Å². The number of anilines is 1. The van der Waals surface area contributed by atoms with Gasteiger partial charge < -0.3 is 14.2 Å². The van der Waals surface area contributed by atoms with E-state index in [4.69, 9.17) is 14.2 Å². The van der Waals surface area contributed by atoms with E-state index in [-0.39, 0.29) is 11.7 Å². The molecule has 0 aliphatic carbocycles. The highest BCUT2D eigenvalue weighted by atomic mass is 16.5. The Morgan fingerprint density at radius 3 is 2.66 bits per heavy atom. The molecule has 10 nitrogen and oxygen atoms in total. The average molecular weight is 431 g/mol. The van der Waals surface area contributed by atoms with E-state index >= 15 is 0 Å². The third-order valence-electron chi connectivity index (χ3n) is 5.37. The first-order valence-corrected chi connectivity index (χ1v) is 10.2. The molecule has 4 heterocycles. The summed E-state index contributed by atoms with van der Waals surface area (Å²) in [5.41, 5.74) is 2.88. The second-order valence-corrected chi connectivity index (χ2v) is 7.50. The zero-order valence-electron chi connectivity index (χ0n) is 17.7. The second-order valence-electron chi connectivity index (χ2n) is 7.50. The summed E-state index contributed by atoms with van der Waals surface area (Å²) in [4.78, 5) is 31.8. The zero-order chi connectivity index (χ0) is 22.1. The molecule has 4 aromatic rings. The number of nitrogens with zero attached hydrogens (tertiary/aromatic N) is 7. The van der Waals surface area contributed by atoms with Gasteiger partial charge in [0.15, 0.2) is 0 Å². The van der Waals surface area contributed by atoms with Crippen LogP contribution in [0.1, 0.15) is 17.6 Å². The predicted octanol–water partition coefficient (Wildman–Crippen LogP) is 2.17. The Morgan fingerprint density at radius 2 is 1.94 bits per heavy atom. The predicted molar refractivity (Wildman–Crippen MR) is 116 cm³/mol. The van der Waals surface area contributed by atoms with E-state index in [1.165, 1.54) is 12.4 Å². The highest BCUT2D eigenvalue weighted by Crippen LogP contribution is 2.27. The lowest BCUT2D eigenvalue weighted by Crippen LogP contribution is -2.41. The fourth-order valence-electron chi connectivity index (χ4n) is 3.68. The van der Waals surface area contributed by atoms with Gasteiger partial charge in [0.2, 0.25) is 17.7 Å². The lowest BCUT2D eigenvalue weighted by Gasteiger charge is -2.34. The molecular weight excluding hydrogens is 410 g/mol. The fourth-order valence-corrected chi connectivity index (χ4v) is 3.68. The van der Waals surface area contributed by atoms with Crippen LogP contribution in [-0.4, -0.2) is 49.4 Å². The Bertz CT molecular complexity index is 1290. The van der Waals surface area contributed by atoms with Gasteiger partial charge in [0.1, 0.15) is 12.4 Å². The second kappa shape index (κ2) is 8.31. The van der Waals surface area contributed by atoms with E-state index in [2.05, 4.69) is 25.0 Å². The van der Waals surface area contributed by atoms with Crippen LogP contribution in [-0.2, 0) is 11.8 Å². The zero-order valence-corrected chi connectivity index (χ0v) is 17.7. The summed E-state index contributed by atoms with van der Waals surface area (Å²) in [5, 5.41) is 3.96. The number of ether oxygens (including phenoxy) is 1. The van der Waals surface area contributed by atoms with E-state index < -0.39 is 0 Å². The highest BCUT2D eigenvalue weighted by Gasteiger charge is 2.25. The van der Waals surface area contributed by atoms with Gasteiger partial charge in [-0.15, -0.1) is 0 Å². The van der Waals surface area contributed by atoms with Crippen LogP contribution in [0.15, 0.2) is 58.2 Å². The lowest BCUT2D eigenvalue weighted by molar-refractivity contribution is 0.0390. The molecule has 1 aliphatic heterocycles. The summed E-state index contributed by atoms with van der Waals surface area (Å²) in [6, 6.07) is 11.1. The van der Waals surface area contributed by atoms with E-state index in [1.807, 2.05) is 24.3 Å². The van der Waals surface area contributed by atoms with E-state index in [0.29, 0.717) is 48.7 Å². The number of benzene rings is 1. The van der Waals surface area contributed by atoms with Crippen LogP contribution in [0.3, 0.4) is 0 Å². The summed E-state index contributed by atoms with van der Waals surface area (Å²) in [5.74, 6) is 1.66. The molecule has 1 saturated heterocycles. The van der Waals surface area contributed by atoms with Crippen molar-refractivity contribution in [3.63, 3.8) is 0 Å². The molecule has 10 heteroatoms. The number of hydrogen-bond acceptors (Lipinski definition) is 9. The summed E-state index contributed by atoms with van der Waals surface area (Å²) in [7, 11) is 1.72. The monoisotopic (exact) mass is 431 g/mol.